The van der Waals surface area contributed by atoms with E-state index in [1.165, 1.54) is 57.8 Å². The summed E-state index contributed by atoms with van der Waals surface area (Å²) in [5.74, 6) is 2.13. The van der Waals surface area contributed by atoms with Crippen LogP contribution in [0.4, 0.5) is 0 Å². The van der Waals surface area contributed by atoms with E-state index in [1.807, 2.05) is 24.3 Å². The van der Waals surface area contributed by atoms with Gasteiger partial charge in [0.15, 0.2) is 5.82 Å². The van der Waals surface area contributed by atoms with E-state index in [1.54, 1.807) is 12.3 Å². The van der Waals surface area contributed by atoms with Crippen LogP contribution in [-0.4, -0.2) is 34.4 Å². The summed E-state index contributed by atoms with van der Waals surface area (Å²) in [5.41, 5.74) is 0.949. The molecule has 0 spiro atoms. The lowest BCUT2D eigenvalue weighted by atomic mass is 10.1. The van der Waals surface area contributed by atoms with Crippen LogP contribution in [-0.2, 0) is 0 Å². The SMILES string of the molecule is CCCCCCCCCCCCOc1ccc(-c2nccc(OCCCCC(O)CCC)n2)cc1. The number of nitrogens with zero attached hydrogens (tertiary/aromatic N) is 2. The van der Waals surface area contributed by atoms with E-state index in [0.717, 1.165) is 56.4 Å². The highest BCUT2D eigenvalue weighted by Gasteiger charge is 2.06. The Kier molecular flexibility index (Phi) is 15.9. The summed E-state index contributed by atoms with van der Waals surface area (Å²) in [5, 5.41) is 9.81. The van der Waals surface area contributed by atoms with Crippen LogP contribution in [0.15, 0.2) is 36.5 Å². The summed E-state index contributed by atoms with van der Waals surface area (Å²) in [6, 6.07) is 9.78. The Balaban J connectivity index is 1.61. The first-order valence-corrected chi connectivity index (χ1v) is 14.1. The molecule has 0 saturated carbocycles. The summed E-state index contributed by atoms with van der Waals surface area (Å²) < 4.78 is 11.7. The zero-order chi connectivity index (χ0) is 25.0. The predicted octanol–water partition coefficient (Wildman–Crippen LogP) is 8.15. The van der Waals surface area contributed by atoms with Gasteiger partial charge in [-0.15, -0.1) is 0 Å². The quantitative estimate of drug-likeness (QED) is 0.181. The Labute approximate surface area is 213 Å². The molecule has 1 aromatic heterocycles. The van der Waals surface area contributed by atoms with Crippen molar-refractivity contribution >= 4 is 0 Å². The Morgan fingerprint density at radius 3 is 2.00 bits per heavy atom. The van der Waals surface area contributed by atoms with E-state index in [4.69, 9.17) is 9.47 Å². The van der Waals surface area contributed by atoms with Crippen molar-refractivity contribution in [3.8, 4) is 23.0 Å². The molecule has 0 aliphatic carbocycles. The van der Waals surface area contributed by atoms with Gasteiger partial charge in [0.05, 0.1) is 19.3 Å². The lowest BCUT2D eigenvalue weighted by Crippen LogP contribution is -2.07. The van der Waals surface area contributed by atoms with E-state index < -0.39 is 0 Å². The van der Waals surface area contributed by atoms with Gasteiger partial charge < -0.3 is 14.6 Å². The second-order valence-corrected chi connectivity index (χ2v) is 9.56. The molecular weight excluding hydrogens is 436 g/mol. The Morgan fingerprint density at radius 2 is 1.31 bits per heavy atom. The topological polar surface area (TPSA) is 64.5 Å². The molecular formula is C30H48N2O3. The van der Waals surface area contributed by atoms with Crippen molar-refractivity contribution in [2.24, 2.45) is 0 Å². The van der Waals surface area contributed by atoms with Crippen LogP contribution in [0.2, 0.25) is 0 Å². The second kappa shape index (κ2) is 19.1. The average molecular weight is 485 g/mol. The molecule has 196 valence electrons. The number of benzene rings is 1. The predicted molar refractivity (Wildman–Crippen MR) is 145 cm³/mol. The van der Waals surface area contributed by atoms with Crippen molar-refractivity contribution in [3.05, 3.63) is 36.5 Å². The van der Waals surface area contributed by atoms with Crippen molar-refractivity contribution < 1.29 is 14.6 Å². The minimum absolute atomic E-state index is 0.187. The molecule has 1 heterocycles. The minimum atomic E-state index is -0.187. The Bertz CT molecular complexity index is 766. The number of hydrogen-bond acceptors (Lipinski definition) is 5. The highest BCUT2D eigenvalue weighted by Crippen LogP contribution is 2.21. The normalized spacial score (nSPS) is 12.0. The highest BCUT2D eigenvalue weighted by molar-refractivity contribution is 5.56. The van der Waals surface area contributed by atoms with Crippen LogP contribution in [0.5, 0.6) is 11.6 Å². The maximum Gasteiger partial charge on any atom is 0.216 e. The lowest BCUT2D eigenvalue weighted by molar-refractivity contribution is 0.147. The van der Waals surface area contributed by atoms with Crippen molar-refractivity contribution in [1.29, 1.82) is 0 Å². The molecule has 35 heavy (non-hydrogen) atoms. The number of aliphatic hydroxyl groups excluding tert-OH is 1. The average Bonchev–Trinajstić information content (AvgIpc) is 2.88. The first-order chi connectivity index (χ1) is 17.2. The van der Waals surface area contributed by atoms with Gasteiger partial charge in [-0.25, -0.2) is 4.98 Å². The molecule has 2 aromatic rings. The molecule has 1 atom stereocenters. The van der Waals surface area contributed by atoms with Crippen molar-refractivity contribution in [1.82, 2.24) is 9.97 Å². The fourth-order valence-electron chi connectivity index (χ4n) is 4.18. The smallest absolute Gasteiger partial charge is 0.216 e. The molecule has 0 radical (unpaired) electrons. The molecule has 0 saturated heterocycles. The number of aromatic nitrogens is 2. The van der Waals surface area contributed by atoms with Gasteiger partial charge in [0.2, 0.25) is 5.88 Å². The van der Waals surface area contributed by atoms with Crippen LogP contribution < -0.4 is 9.47 Å². The third kappa shape index (κ3) is 13.5. The Morgan fingerprint density at radius 1 is 0.686 bits per heavy atom. The fraction of sp³-hybridized carbons (Fsp3) is 0.667. The molecule has 1 N–H and O–H groups in total. The summed E-state index contributed by atoms with van der Waals surface area (Å²) >= 11 is 0. The van der Waals surface area contributed by atoms with Gasteiger partial charge in [0.1, 0.15) is 5.75 Å². The molecule has 0 aliphatic rings. The van der Waals surface area contributed by atoms with Crippen LogP contribution in [0, 0.1) is 0 Å². The van der Waals surface area contributed by atoms with Gasteiger partial charge in [-0.1, -0.05) is 78.1 Å². The maximum absolute atomic E-state index is 9.81. The molecule has 1 aromatic carbocycles. The number of unbranched alkanes of at least 4 members (excludes halogenated alkanes) is 10. The van der Waals surface area contributed by atoms with E-state index in [0.29, 0.717) is 18.3 Å². The molecule has 1 unspecified atom stereocenters. The van der Waals surface area contributed by atoms with Crippen LogP contribution >= 0.6 is 0 Å². The lowest BCUT2D eigenvalue weighted by Gasteiger charge is -2.10. The fourth-order valence-corrected chi connectivity index (χ4v) is 4.18. The number of rotatable bonds is 21. The van der Waals surface area contributed by atoms with Gasteiger partial charge in [0.25, 0.3) is 0 Å². The molecule has 0 bridgehead atoms. The van der Waals surface area contributed by atoms with Gasteiger partial charge in [0, 0.05) is 17.8 Å². The minimum Gasteiger partial charge on any atom is -0.494 e. The molecule has 0 fully saturated rings. The molecule has 5 heteroatoms. The molecule has 5 nitrogen and oxygen atoms in total. The molecule has 2 rings (SSSR count). The standard InChI is InChI=1S/C30H48N2O3/c1-3-5-6-7-8-9-10-11-12-14-24-34-28-20-18-26(19-21-28)30-31-23-22-29(32-30)35-25-15-13-17-27(33)16-4-2/h18-23,27,33H,3-17,24-25H2,1-2H3. The summed E-state index contributed by atoms with van der Waals surface area (Å²) in [7, 11) is 0. The van der Waals surface area contributed by atoms with Crippen molar-refractivity contribution in [3.63, 3.8) is 0 Å². The van der Waals surface area contributed by atoms with Gasteiger partial charge >= 0.3 is 0 Å². The number of hydrogen-bond donors (Lipinski definition) is 1. The third-order valence-electron chi connectivity index (χ3n) is 6.31. The summed E-state index contributed by atoms with van der Waals surface area (Å²) in [6.07, 6.45) is 19.5. The second-order valence-electron chi connectivity index (χ2n) is 9.56. The molecule has 0 amide bonds. The zero-order valence-electron chi connectivity index (χ0n) is 22.2. The van der Waals surface area contributed by atoms with Gasteiger partial charge in [-0.3, -0.25) is 0 Å². The largest absolute Gasteiger partial charge is 0.494 e. The monoisotopic (exact) mass is 484 g/mol. The van der Waals surface area contributed by atoms with Gasteiger partial charge in [-0.05, 0) is 56.4 Å². The maximum atomic E-state index is 9.81. The zero-order valence-corrected chi connectivity index (χ0v) is 22.2. The van der Waals surface area contributed by atoms with Crippen molar-refractivity contribution in [2.45, 2.75) is 116 Å². The van der Waals surface area contributed by atoms with E-state index in [2.05, 4.69) is 23.8 Å². The number of aliphatic hydroxyl groups is 1. The van der Waals surface area contributed by atoms with Crippen LogP contribution in [0.3, 0.4) is 0 Å². The van der Waals surface area contributed by atoms with E-state index in [-0.39, 0.29) is 6.10 Å². The van der Waals surface area contributed by atoms with Crippen molar-refractivity contribution in [2.75, 3.05) is 13.2 Å². The van der Waals surface area contributed by atoms with Crippen LogP contribution in [0.25, 0.3) is 11.4 Å². The number of ether oxygens (including phenoxy) is 2. The molecule has 0 aliphatic heterocycles. The summed E-state index contributed by atoms with van der Waals surface area (Å²) in [4.78, 5) is 8.94. The first-order valence-electron chi connectivity index (χ1n) is 14.1. The van der Waals surface area contributed by atoms with Crippen LogP contribution in [0.1, 0.15) is 110 Å². The van der Waals surface area contributed by atoms with E-state index >= 15 is 0 Å². The van der Waals surface area contributed by atoms with E-state index in [9.17, 15) is 5.11 Å². The first kappa shape index (κ1) is 29.1. The van der Waals surface area contributed by atoms with Gasteiger partial charge in [-0.2, -0.15) is 4.98 Å². The third-order valence-corrected chi connectivity index (χ3v) is 6.31. The highest BCUT2D eigenvalue weighted by atomic mass is 16.5. The Hall–Kier alpha value is -2.14. The summed E-state index contributed by atoms with van der Waals surface area (Å²) in [6.45, 7) is 5.73.